The van der Waals surface area contributed by atoms with E-state index in [2.05, 4.69) is 5.32 Å². The first kappa shape index (κ1) is 17.5. The van der Waals surface area contributed by atoms with Gasteiger partial charge in [0.1, 0.15) is 18.9 Å². The van der Waals surface area contributed by atoms with Gasteiger partial charge in [-0.05, 0) is 12.0 Å². The Balaban J connectivity index is 1.85. The Kier molecular flexibility index (Phi) is 5.90. The summed E-state index contributed by atoms with van der Waals surface area (Å²) in [6, 6.07) is 10.5. The molecule has 0 radical (unpaired) electrons. The van der Waals surface area contributed by atoms with E-state index in [1.54, 1.807) is 0 Å². The van der Waals surface area contributed by atoms with Gasteiger partial charge in [0.15, 0.2) is 0 Å². The van der Waals surface area contributed by atoms with Gasteiger partial charge in [-0.3, -0.25) is 4.79 Å². The molecular formula is C17H20N4O3. The average Bonchev–Trinajstić information content (AvgIpc) is 3.04. The minimum absolute atomic E-state index is 0.135. The lowest BCUT2D eigenvalue weighted by atomic mass is 10.1. The van der Waals surface area contributed by atoms with Gasteiger partial charge in [0.25, 0.3) is 0 Å². The topological polar surface area (TPSA) is 93.5 Å². The molecule has 1 aromatic rings. The van der Waals surface area contributed by atoms with Crippen molar-refractivity contribution in [3.05, 3.63) is 35.9 Å². The molecule has 3 amide bonds. The Hall–Kier alpha value is -2.88. The number of nitriles is 1. The molecule has 0 spiro atoms. The van der Waals surface area contributed by atoms with E-state index in [1.807, 2.05) is 36.4 Å². The maximum atomic E-state index is 12.3. The van der Waals surface area contributed by atoms with Gasteiger partial charge in [0, 0.05) is 26.1 Å². The molecule has 24 heavy (non-hydrogen) atoms. The second kappa shape index (κ2) is 8.11. The van der Waals surface area contributed by atoms with Gasteiger partial charge < -0.3 is 19.9 Å². The number of aldehydes is 1. The summed E-state index contributed by atoms with van der Waals surface area (Å²) in [7, 11) is 1.52. The summed E-state index contributed by atoms with van der Waals surface area (Å²) in [5.74, 6) is -0.640. The minimum Gasteiger partial charge on any atom is -0.334 e. The number of nitrogens with zero attached hydrogens (tertiary/aromatic N) is 3. The van der Waals surface area contributed by atoms with E-state index in [1.165, 1.54) is 16.8 Å². The Labute approximate surface area is 140 Å². The van der Waals surface area contributed by atoms with E-state index in [-0.39, 0.29) is 30.9 Å². The van der Waals surface area contributed by atoms with Crippen LogP contribution in [0.25, 0.3) is 0 Å². The van der Waals surface area contributed by atoms with Crippen molar-refractivity contribution in [2.45, 2.75) is 19.0 Å². The highest BCUT2D eigenvalue weighted by molar-refractivity contribution is 5.85. The zero-order valence-corrected chi connectivity index (χ0v) is 13.5. The van der Waals surface area contributed by atoms with Crippen LogP contribution in [-0.4, -0.2) is 54.2 Å². The standard InChI is InChI=1S/C17H20N4O3/c1-20(17(24)19-9-13-5-3-2-4-6-13)11-16(23)21-10-14(12-22)7-15(21)8-18/h2-6,12,14-15H,7,9-11H2,1H3,(H,19,24). The van der Waals surface area contributed by atoms with Crippen molar-refractivity contribution in [2.24, 2.45) is 5.92 Å². The second-order valence-corrected chi connectivity index (χ2v) is 5.82. The lowest BCUT2D eigenvalue weighted by Crippen LogP contribution is -2.45. The quantitative estimate of drug-likeness (QED) is 0.808. The summed E-state index contributed by atoms with van der Waals surface area (Å²) in [6.07, 6.45) is 1.13. The van der Waals surface area contributed by atoms with Crippen LogP contribution in [0, 0.1) is 17.2 Å². The second-order valence-electron chi connectivity index (χ2n) is 5.82. The SMILES string of the molecule is CN(CC(=O)N1CC(C=O)CC1C#N)C(=O)NCc1ccccc1. The molecule has 0 aliphatic carbocycles. The van der Waals surface area contributed by atoms with Crippen LogP contribution in [0.3, 0.4) is 0 Å². The fraction of sp³-hybridized carbons (Fsp3) is 0.412. The Morgan fingerprint density at radius 1 is 1.42 bits per heavy atom. The average molecular weight is 328 g/mol. The lowest BCUT2D eigenvalue weighted by Gasteiger charge is -2.24. The highest BCUT2D eigenvalue weighted by Crippen LogP contribution is 2.21. The van der Waals surface area contributed by atoms with Crippen LogP contribution in [0.2, 0.25) is 0 Å². The zero-order chi connectivity index (χ0) is 17.5. The van der Waals surface area contributed by atoms with Crippen molar-refractivity contribution < 1.29 is 14.4 Å². The fourth-order valence-electron chi connectivity index (χ4n) is 2.64. The minimum atomic E-state index is -0.603. The molecular weight excluding hydrogens is 308 g/mol. The van der Waals surface area contributed by atoms with Crippen molar-refractivity contribution in [2.75, 3.05) is 20.1 Å². The summed E-state index contributed by atoms with van der Waals surface area (Å²) in [4.78, 5) is 37.9. The van der Waals surface area contributed by atoms with E-state index in [4.69, 9.17) is 5.26 Å². The number of urea groups is 1. The maximum Gasteiger partial charge on any atom is 0.317 e. The summed E-state index contributed by atoms with van der Waals surface area (Å²) in [6.45, 7) is 0.473. The monoisotopic (exact) mass is 328 g/mol. The zero-order valence-electron chi connectivity index (χ0n) is 13.5. The Morgan fingerprint density at radius 3 is 2.75 bits per heavy atom. The van der Waals surface area contributed by atoms with Gasteiger partial charge in [0.05, 0.1) is 6.07 Å². The number of likely N-dealkylation sites (N-methyl/N-ethyl adjacent to an activating group) is 1. The number of likely N-dealkylation sites (tertiary alicyclic amines) is 1. The van der Waals surface area contributed by atoms with Crippen LogP contribution >= 0.6 is 0 Å². The van der Waals surface area contributed by atoms with Crippen LogP contribution in [0.5, 0.6) is 0 Å². The summed E-state index contributed by atoms with van der Waals surface area (Å²) in [5, 5.41) is 11.8. The smallest absolute Gasteiger partial charge is 0.317 e. The predicted octanol–water partition coefficient (Wildman–Crippen LogP) is 0.768. The van der Waals surface area contributed by atoms with Gasteiger partial charge in [-0.1, -0.05) is 30.3 Å². The van der Waals surface area contributed by atoms with Crippen LogP contribution in [0.1, 0.15) is 12.0 Å². The third kappa shape index (κ3) is 4.32. The number of carbonyl (C=O) groups is 3. The molecule has 1 aliphatic rings. The molecule has 1 fully saturated rings. The Bertz CT molecular complexity index is 641. The highest BCUT2D eigenvalue weighted by Gasteiger charge is 2.35. The molecule has 2 atom stereocenters. The first-order chi connectivity index (χ1) is 11.5. The van der Waals surface area contributed by atoms with Crippen molar-refractivity contribution >= 4 is 18.2 Å². The van der Waals surface area contributed by atoms with Gasteiger partial charge in [-0.15, -0.1) is 0 Å². The number of hydrogen-bond acceptors (Lipinski definition) is 4. The van der Waals surface area contributed by atoms with Crippen molar-refractivity contribution in [3.63, 3.8) is 0 Å². The molecule has 0 saturated carbocycles. The third-order valence-corrected chi connectivity index (χ3v) is 4.00. The van der Waals surface area contributed by atoms with Gasteiger partial charge in [-0.2, -0.15) is 5.26 Å². The summed E-state index contributed by atoms with van der Waals surface area (Å²) < 4.78 is 0. The van der Waals surface area contributed by atoms with Gasteiger partial charge >= 0.3 is 6.03 Å². The van der Waals surface area contributed by atoms with Gasteiger partial charge in [-0.25, -0.2) is 4.79 Å². The van der Waals surface area contributed by atoms with Crippen molar-refractivity contribution in [1.29, 1.82) is 5.26 Å². The van der Waals surface area contributed by atoms with Crippen LogP contribution in [-0.2, 0) is 16.1 Å². The molecule has 0 aromatic heterocycles. The fourth-order valence-corrected chi connectivity index (χ4v) is 2.64. The normalized spacial score (nSPS) is 19.4. The predicted molar refractivity (Wildman–Crippen MR) is 86.6 cm³/mol. The first-order valence-corrected chi connectivity index (χ1v) is 7.72. The van der Waals surface area contributed by atoms with E-state index < -0.39 is 6.04 Å². The lowest BCUT2D eigenvalue weighted by molar-refractivity contribution is -0.131. The molecule has 2 rings (SSSR count). The van der Waals surface area contributed by atoms with E-state index in [9.17, 15) is 14.4 Å². The van der Waals surface area contributed by atoms with Crippen molar-refractivity contribution in [3.8, 4) is 6.07 Å². The summed E-state index contributed by atoms with van der Waals surface area (Å²) >= 11 is 0. The first-order valence-electron chi connectivity index (χ1n) is 7.72. The molecule has 1 saturated heterocycles. The largest absolute Gasteiger partial charge is 0.334 e. The van der Waals surface area contributed by atoms with Crippen molar-refractivity contribution in [1.82, 2.24) is 15.1 Å². The summed E-state index contributed by atoms with van der Waals surface area (Å²) in [5.41, 5.74) is 0.962. The van der Waals surface area contributed by atoms with Crippen LogP contribution < -0.4 is 5.32 Å². The number of hydrogen-bond donors (Lipinski definition) is 1. The van der Waals surface area contributed by atoms with Crippen LogP contribution in [0.15, 0.2) is 30.3 Å². The molecule has 126 valence electrons. The number of benzene rings is 1. The molecule has 7 nitrogen and oxygen atoms in total. The Morgan fingerprint density at radius 2 is 2.12 bits per heavy atom. The maximum absolute atomic E-state index is 12.3. The van der Waals surface area contributed by atoms with Crippen LogP contribution in [0.4, 0.5) is 4.79 Å². The molecule has 1 N–H and O–H groups in total. The molecule has 2 unspecified atom stereocenters. The number of carbonyl (C=O) groups excluding carboxylic acids is 3. The number of amides is 3. The van der Waals surface area contributed by atoms with E-state index in [0.717, 1.165) is 11.8 Å². The molecule has 7 heteroatoms. The third-order valence-electron chi connectivity index (χ3n) is 4.00. The van der Waals surface area contributed by atoms with E-state index in [0.29, 0.717) is 13.0 Å². The number of nitrogens with one attached hydrogen (secondary N) is 1. The number of rotatable bonds is 5. The molecule has 0 bridgehead atoms. The van der Waals surface area contributed by atoms with Gasteiger partial charge in [0.2, 0.25) is 5.91 Å². The molecule has 1 aliphatic heterocycles. The highest BCUT2D eigenvalue weighted by atomic mass is 16.2. The van der Waals surface area contributed by atoms with E-state index >= 15 is 0 Å². The molecule has 1 aromatic carbocycles. The molecule has 1 heterocycles.